The molecule has 2 aromatic carbocycles. The van der Waals surface area contributed by atoms with Crippen LogP contribution in [0.3, 0.4) is 0 Å². The fourth-order valence-electron chi connectivity index (χ4n) is 2.40. The van der Waals surface area contributed by atoms with Crippen molar-refractivity contribution in [3.05, 3.63) is 65.5 Å². The average molecular weight is 343 g/mol. The Balaban J connectivity index is 2.24. The molecule has 0 unspecified atom stereocenters. The molecule has 0 aliphatic heterocycles. The molecule has 0 spiro atoms. The molecule has 0 radical (unpaired) electrons. The van der Waals surface area contributed by atoms with Crippen LogP contribution in [-0.4, -0.2) is 24.9 Å². The topological polar surface area (TPSA) is 75.4 Å². The molecule has 2 rings (SSSR count). The highest BCUT2D eigenvalue weighted by Crippen LogP contribution is 2.19. The number of hydrogen-bond acceptors (Lipinski definition) is 3. The monoisotopic (exact) mass is 343 g/mol. The second-order valence-corrected chi connectivity index (χ2v) is 5.75. The fraction of sp³-hybridized carbons (Fsp3) is 0.263. The van der Waals surface area contributed by atoms with Crippen molar-refractivity contribution in [1.82, 2.24) is 5.32 Å². The van der Waals surface area contributed by atoms with Crippen molar-refractivity contribution < 1.29 is 14.0 Å². The summed E-state index contributed by atoms with van der Waals surface area (Å²) in [5.74, 6) is -0.959. The van der Waals surface area contributed by atoms with Crippen molar-refractivity contribution in [3.8, 4) is 0 Å². The number of nitrogens with zero attached hydrogens (tertiary/aromatic N) is 1. The first-order valence-corrected chi connectivity index (χ1v) is 8.15. The van der Waals surface area contributed by atoms with Gasteiger partial charge in [-0.3, -0.25) is 9.59 Å². The number of nitrogens with two attached hydrogens (primary N) is 1. The van der Waals surface area contributed by atoms with Crippen LogP contribution in [0.15, 0.2) is 48.5 Å². The van der Waals surface area contributed by atoms with Gasteiger partial charge in [0.25, 0.3) is 0 Å². The van der Waals surface area contributed by atoms with Gasteiger partial charge in [0.2, 0.25) is 11.8 Å². The van der Waals surface area contributed by atoms with E-state index < -0.39 is 5.91 Å². The van der Waals surface area contributed by atoms with E-state index in [-0.39, 0.29) is 18.3 Å². The molecule has 132 valence electrons. The van der Waals surface area contributed by atoms with Gasteiger partial charge in [-0.05, 0) is 42.3 Å². The van der Waals surface area contributed by atoms with Gasteiger partial charge in [0.05, 0.1) is 6.54 Å². The number of benzene rings is 2. The van der Waals surface area contributed by atoms with Gasteiger partial charge < -0.3 is 16.0 Å². The lowest BCUT2D eigenvalue weighted by molar-refractivity contribution is -0.119. The van der Waals surface area contributed by atoms with Crippen LogP contribution in [0.4, 0.5) is 10.1 Å². The zero-order valence-electron chi connectivity index (χ0n) is 14.2. The first-order chi connectivity index (χ1) is 12.0. The van der Waals surface area contributed by atoms with E-state index in [0.29, 0.717) is 24.3 Å². The number of carbonyl (C=O) groups is 2. The molecule has 0 bridgehead atoms. The zero-order chi connectivity index (χ0) is 18.2. The van der Waals surface area contributed by atoms with Crippen LogP contribution >= 0.6 is 0 Å². The maximum Gasteiger partial charge on any atom is 0.248 e. The van der Waals surface area contributed by atoms with Crippen molar-refractivity contribution in [2.24, 2.45) is 5.73 Å². The maximum absolute atomic E-state index is 13.1. The number of primary amides is 1. The van der Waals surface area contributed by atoms with E-state index in [0.717, 1.165) is 12.0 Å². The van der Waals surface area contributed by atoms with Gasteiger partial charge in [-0.15, -0.1) is 0 Å². The number of nitrogens with one attached hydrogen (secondary N) is 1. The Morgan fingerprint density at radius 3 is 2.52 bits per heavy atom. The molecule has 0 saturated carbocycles. The highest BCUT2D eigenvalue weighted by molar-refractivity contribution is 5.94. The van der Waals surface area contributed by atoms with E-state index in [9.17, 15) is 14.0 Å². The van der Waals surface area contributed by atoms with E-state index >= 15 is 0 Å². The van der Waals surface area contributed by atoms with Crippen molar-refractivity contribution >= 4 is 17.5 Å². The van der Waals surface area contributed by atoms with E-state index in [1.807, 2.05) is 17.9 Å². The van der Waals surface area contributed by atoms with Crippen LogP contribution in [0, 0.1) is 5.82 Å². The first-order valence-electron chi connectivity index (χ1n) is 8.15. The van der Waals surface area contributed by atoms with Crippen molar-refractivity contribution in [2.75, 3.05) is 18.0 Å². The minimum atomic E-state index is -0.529. The Hall–Kier alpha value is -2.89. The fourth-order valence-corrected chi connectivity index (χ4v) is 2.40. The minimum absolute atomic E-state index is 0.117. The normalized spacial score (nSPS) is 10.3. The summed E-state index contributed by atoms with van der Waals surface area (Å²) >= 11 is 0. The lowest BCUT2D eigenvalue weighted by atomic mass is 10.1. The largest absolute Gasteiger partial charge is 0.366 e. The van der Waals surface area contributed by atoms with Crippen LogP contribution in [0.2, 0.25) is 0 Å². The number of halogens is 1. The predicted molar refractivity (Wildman–Crippen MR) is 95.7 cm³/mol. The molecule has 2 aromatic rings. The summed E-state index contributed by atoms with van der Waals surface area (Å²) in [5.41, 5.74) is 7.27. The lowest BCUT2D eigenvalue weighted by Crippen LogP contribution is -2.37. The Labute approximate surface area is 146 Å². The second-order valence-electron chi connectivity index (χ2n) is 5.75. The molecule has 0 atom stereocenters. The zero-order valence-corrected chi connectivity index (χ0v) is 14.2. The van der Waals surface area contributed by atoms with Gasteiger partial charge >= 0.3 is 0 Å². The quantitative estimate of drug-likeness (QED) is 0.773. The number of carbonyl (C=O) groups excluding carboxylic acids is 2. The molecule has 0 aliphatic rings. The number of hydrogen-bond donors (Lipinski definition) is 2. The summed E-state index contributed by atoms with van der Waals surface area (Å²) in [5, 5.41) is 2.83. The van der Waals surface area contributed by atoms with Crippen LogP contribution in [0.1, 0.15) is 29.3 Å². The molecular weight excluding hydrogens is 321 g/mol. The lowest BCUT2D eigenvalue weighted by Gasteiger charge is -2.25. The molecule has 5 nitrogen and oxygen atoms in total. The summed E-state index contributed by atoms with van der Waals surface area (Å²) in [7, 11) is 0. The van der Waals surface area contributed by atoms with E-state index in [1.165, 1.54) is 12.1 Å². The van der Waals surface area contributed by atoms with Gasteiger partial charge in [-0.2, -0.15) is 0 Å². The average Bonchev–Trinajstić information content (AvgIpc) is 2.61. The van der Waals surface area contributed by atoms with Crippen LogP contribution < -0.4 is 16.0 Å². The second kappa shape index (κ2) is 8.82. The van der Waals surface area contributed by atoms with Crippen molar-refractivity contribution in [2.45, 2.75) is 19.9 Å². The third-order valence-electron chi connectivity index (χ3n) is 3.69. The van der Waals surface area contributed by atoms with Crippen LogP contribution in [0.5, 0.6) is 0 Å². The number of amides is 2. The van der Waals surface area contributed by atoms with Gasteiger partial charge in [-0.1, -0.05) is 25.1 Å². The highest BCUT2D eigenvalue weighted by Gasteiger charge is 2.14. The van der Waals surface area contributed by atoms with Gasteiger partial charge in [0.15, 0.2) is 0 Å². The molecule has 25 heavy (non-hydrogen) atoms. The van der Waals surface area contributed by atoms with Crippen molar-refractivity contribution in [1.29, 1.82) is 0 Å². The molecule has 0 aromatic heterocycles. The van der Waals surface area contributed by atoms with E-state index in [2.05, 4.69) is 5.32 Å². The molecule has 2 amide bonds. The summed E-state index contributed by atoms with van der Waals surface area (Å²) in [6, 6.07) is 12.9. The van der Waals surface area contributed by atoms with Crippen LogP contribution in [0.25, 0.3) is 0 Å². The molecule has 0 saturated heterocycles. The third-order valence-corrected chi connectivity index (χ3v) is 3.69. The molecule has 0 fully saturated rings. The van der Waals surface area contributed by atoms with E-state index in [1.54, 1.807) is 30.3 Å². The molecule has 0 heterocycles. The Morgan fingerprint density at radius 2 is 1.88 bits per heavy atom. The Morgan fingerprint density at radius 1 is 1.16 bits per heavy atom. The van der Waals surface area contributed by atoms with Gasteiger partial charge in [-0.25, -0.2) is 4.39 Å². The van der Waals surface area contributed by atoms with Crippen molar-refractivity contribution in [3.63, 3.8) is 0 Å². The molecule has 6 heteroatoms. The first kappa shape index (κ1) is 18.4. The number of rotatable bonds is 8. The van der Waals surface area contributed by atoms with E-state index in [4.69, 9.17) is 5.73 Å². The molecule has 3 N–H and O–H groups in total. The Bertz CT molecular complexity index is 732. The maximum atomic E-state index is 13.1. The predicted octanol–water partition coefficient (Wildman–Crippen LogP) is 2.46. The summed E-state index contributed by atoms with van der Waals surface area (Å²) in [6.45, 7) is 3.11. The highest BCUT2D eigenvalue weighted by atomic mass is 19.1. The summed E-state index contributed by atoms with van der Waals surface area (Å²) in [6.07, 6.45) is 0.848. The SMILES string of the molecule is CCCNC(=O)CN(Cc1ccc(F)cc1)c1cccc(C(N)=O)c1. The molecule has 0 aliphatic carbocycles. The van der Waals surface area contributed by atoms with Gasteiger partial charge in [0.1, 0.15) is 5.82 Å². The summed E-state index contributed by atoms with van der Waals surface area (Å²) < 4.78 is 13.1. The van der Waals surface area contributed by atoms with Crippen LogP contribution in [-0.2, 0) is 11.3 Å². The number of anilines is 1. The smallest absolute Gasteiger partial charge is 0.248 e. The van der Waals surface area contributed by atoms with Gasteiger partial charge in [0, 0.05) is 24.3 Å². The Kier molecular flexibility index (Phi) is 6.51. The molecular formula is C19H22FN3O2. The minimum Gasteiger partial charge on any atom is -0.366 e. The standard InChI is InChI=1S/C19H22FN3O2/c1-2-10-22-18(24)13-23(12-14-6-8-16(20)9-7-14)17-5-3-4-15(11-17)19(21)25/h3-9,11H,2,10,12-13H2,1H3,(H2,21,25)(H,22,24). The third kappa shape index (κ3) is 5.60. The summed E-state index contributed by atoms with van der Waals surface area (Å²) in [4.78, 5) is 25.4.